The van der Waals surface area contributed by atoms with Crippen LogP contribution in [-0.2, 0) is 14.6 Å². The van der Waals surface area contributed by atoms with Crippen LogP contribution in [0.25, 0.3) is 0 Å². The van der Waals surface area contributed by atoms with E-state index >= 15 is 0 Å². The molecule has 20 heavy (non-hydrogen) atoms. The minimum Gasteiger partial charge on any atom is -0.340 e. The maximum Gasteiger partial charge on any atom is 0.414 e. The molecule has 0 radical (unpaired) electrons. The molecule has 0 saturated heterocycles. The van der Waals surface area contributed by atoms with Crippen LogP contribution < -0.4 is 5.32 Å². The largest absolute Gasteiger partial charge is 0.414 e. The van der Waals surface area contributed by atoms with E-state index in [0.717, 1.165) is 12.3 Å². The number of nitrogens with zero attached hydrogens (tertiary/aromatic N) is 1. The van der Waals surface area contributed by atoms with Crippen LogP contribution in [-0.4, -0.2) is 37.5 Å². The van der Waals surface area contributed by atoms with E-state index in [-0.39, 0.29) is 5.69 Å². The van der Waals surface area contributed by atoms with Gasteiger partial charge in [0, 0.05) is 18.9 Å². The molecule has 1 amide bonds. The fourth-order valence-electron chi connectivity index (χ4n) is 1.38. The van der Waals surface area contributed by atoms with Gasteiger partial charge in [0.15, 0.2) is 6.04 Å². The van der Waals surface area contributed by atoms with E-state index in [9.17, 15) is 26.4 Å². The fourth-order valence-corrected chi connectivity index (χ4v) is 1.94. The van der Waals surface area contributed by atoms with E-state index in [2.05, 4.69) is 4.98 Å². The van der Waals surface area contributed by atoms with Gasteiger partial charge in [0.05, 0.1) is 11.4 Å². The molecule has 0 aromatic carbocycles. The first-order valence-electron chi connectivity index (χ1n) is 5.54. The van der Waals surface area contributed by atoms with E-state index in [1.54, 1.807) is 5.32 Å². The third-order valence-corrected chi connectivity index (χ3v) is 3.26. The number of amides is 1. The molecule has 1 aromatic heterocycles. The molecule has 0 aliphatic carbocycles. The van der Waals surface area contributed by atoms with Crippen LogP contribution >= 0.6 is 0 Å². The topological polar surface area (TPSA) is 76.1 Å². The highest BCUT2D eigenvalue weighted by Gasteiger charge is 2.42. The number of carbonyl (C=O) groups is 1. The van der Waals surface area contributed by atoms with Gasteiger partial charge in [-0.15, -0.1) is 0 Å². The first-order chi connectivity index (χ1) is 9.09. The Kier molecular flexibility index (Phi) is 5.09. The molecule has 0 saturated carbocycles. The molecule has 0 aliphatic heterocycles. The van der Waals surface area contributed by atoms with Crippen LogP contribution in [0.4, 0.5) is 13.2 Å². The third kappa shape index (κ3) is 5.55. The van der Waals surface area contributed by atoms with Crippen LogP contribution in [0.1, 0.15) is 18.2 Å². The molecule has 1 N–H and O–H groups in total. The van der Waals surface area contributed by atoms with Crippen molar-refractivity contribution in [1.29, 1.82) is 0 Å². The van der Waals surface area contributed by atoms with Gasteiger partial charge in [-0.25, -0.2) is 8.42 Å². The monoisotopic (exact) mass is 310 g/mol. The summed E-state index contributed by atoms with van der Waals surface area (Å²) < 4.78 is 60.3. The summed E-state index contributed by atoms with van der Waals surface area (Å²) in [5.74, 6) is -1.51. The average Bonchev–Trinajstić information content (AvgIpc) is 2.32. The summed E-state index contributed by atoms with van der Waals surface area (Å²) in [7, 11) is -3.41. The van der Waals surface area contributed by atoms with E-state index < -0.39 is 40.1 Å². The van der Waals surface area contributed by atoms with Gasteiger partial charge in [0.25, 0.3) is 0 Å². The van der Waals surface area contributed by atoms with Crippen LogP contribution in [0, 0.1) is 0 Å². The maximum atomic E-state index is 12.9. The lowest BCUT2D eigenvalue weighted by Gasteiger charge is -2.21. The number of alkyl halides is 3. The summed E-state index contributed by atoms with van der Waals surface area (Å²) in [5, 5.41) is 1.75. The molecule has 5 nitrogen and oxygen atoms in total. The minimum absolute atomic E-state index is 0.354. The van der Waals surface area contributed by atoms with Crippen molar-refractivity contribution >= 4 is 15.7 Å². The molecule has 1 unspecified atom stereocenters. The zero-order chi connectivity index (χ0) is 15.4. The van der Waals surface area contributed by atoms with Crippen molar-refractivity contribution in [2.75, 3.05) is 12.0 Å². The lowest BCUT2D eigenvalue weighted by Crippen LogP contribution is -2.39. The summed E-state index contributed by atoms with van der Waals surface area (Å²) in [4.78, 5) is 15.0. The molecule has 9 heteroatoms. The molecule has 0 spiro atoms. The Morgan fingerprint density at radius 1 is 1.40 bits per heavy atom. The smallest absolute Gasteiger partial charge is 0.340 e. The molecular formula is C11H13F3N2O3S. The Hall–Kier alpha value is -1.64. The summed E-state index contributed by atoms with van der Waals surface area (Å²) in [5.41, 5.74) is -0.354. The van der Waals surface area contributed by atoms with Crippen molar-refractivity contribution in [3.8, 4) is 0 Å². The van der Waals surface area contributed by atoms with Crippen molar-refractivity contribution in [1.82, 2.24) is 10.3 Å². The second-order valence-electron chi connectivity index (χ2n) is 4.18. The van der Waals surface area contributed by atoms with Gasteiger partial charge in [-0.05, 0) is 12.1 Å². The highest BCUT2D eigenvalue weighted by Crippen LogP contribution is 2.31. The maximum absolute atomic E-state index is 12.9. The predicted octanol–water partition coefficient (Wildman–Crippen LogP) is 1.24. The Morgan fingerprint density at radius 2 is 2.05 bits per heavy atom. The summed E-state index contributed by atoms with van der Waals surface area (Å²) in [6.07, 6.45) is -3.16. The number of pyridine rings is 1. The third-order valence-electron chi connectivity index (χ3n) is 2.32. The Balaban J connectivity index is 2.80. The van der Waals surface area contributed by atoms with Gasteiger partial charge in [0.2, 0.25) is 5.91 Å². The summed E-state index contributed by atoms with van der Waals surface area (Å²) in [6, 6.07) is 1.69. The predicted molar refractivity (Wildman–Crippen MR) is 65.5 cm³/mol. The highest BCUT2D eigenvalue weighted by atomic mass is 32.2. The number of rotatable bonds is 5. The number of sulfone groups is 1. The van der Waals surface area contributed by atoms with E-state index in [1.165, 1.54) is 18.3 Å². The lowest BCUT2D eigenvalue weighted by atomic mass is 10.1. The first-order valence-corrected chi connectivity index (χ1v) is 7.60. The molecule has 0 aliphatic rings. The summed E-state index contributed by atoms with van der Waals surface area (Å²) in [6.45, 7) is 0. The summed E-state index contributed by atoms with van der Waals surface area (Å²) >= 11 is 0. The quantitative estimate of drug-likeness (QED) is 0.887. The van der Waals surface area contributed by atoms with Crippen LogP contribution in [0.3, 0.4) is 0 Å². The zero-order valence-electron chi connectivity index (χ0n) is 10.5. The molecule has 0 fully saturated rings. The van der Waals surface area contributed by atoms with E-state index in [0.29, 0.717) is 0 Å². The Morgan fingerprint density at radius 3 is 2.50 bits per heavy atom. The lowest BCUT2D eigenvalue weighted by molar-refractivity contribution is -0.164. The van der Waals surface area contributed by atoms with Gasteiger partial charge >= 0.3 is 6.18 Å². The SMILES string of the molecule is CS(=O)(=O)CCC(=O)NC(c1ccccn1)C(F)(F)F. The number of aromatic nitrogens is 1. The second-order valence-corrected chi connectivity index (χ2v) is 6.44. The Bertz CT molecular complexity index is 558. The average molecular weight is 310 g/mol. The van der Waals surface area contributed by atoms with Crippen molar-refractivity contribution in [2.24, 2.45) is 0 Å². The molecule has 1 rings (SSSR count). The van der Waals surface area contributed by atoms with Crippen molar-refractivity contribution in [2.45, 2.75) is 18.6 Å². The zero-order valence-corrected chi connectivity index (χ0v) is 11.3. The second kappa shape index (κ2) is 6.21. The van der Waals surface area contributed by atoms with E-state index in [4.69, 9.17) is 0 Å². The van der Waals surface area contributed by atoms with Gasteiger partial charge in [-0.3, -0.25) is 9.78 Å². The number of hydrogen-bond donors (Lipinski definition) is 1. The molecule has 1 heterocycles. The number of halogens is 3. The standard InChI is InChI=1S/C11H13F3N2O3S/c1-20(18,19)7-5-9(17)16-10(11(12,13)14)8-4-2-3-6-15-8/h2-4,6,10H,5,7H2,1H3,(H,16,17). The van der Waals surface area contributed by atoms with E-state index in [1.807, 2.05) is 0 Å². The van der Waals surface area contributed by atoms with Crippen LogP contribution in [0.15, 0.2) is 24.4 Å². The molecule has 0 bridgehead atoms. The first kappa shape index (κ1) is 16.4. The molecule has 1 atom stereocenters. The van der Waals surface area contributed by atoms with Crippen molar-refractivity contribution in [3.63, 3.8) is 0 Å². The number of nitrogens with one attached hydrogen (secondary N) is 1. The number of carbonyl (C=O) groups excluding carboxylic acids is 1. The van der Waals surface area contributed by atoms with Gasteiger partial charge in [0.1, 0.15) is 9.84 Å². The van der Waals surface area contributed by atoms with Crippen molar-refractivity contribution in [3.05, 3.63) is 30.1 Å². The normalized spacial score (nSPS) is 13.8. The molecule has 112 valence electrons. The van der Waals surface area contributed by atoms with Gasteiger partial charge in [-0.1, -0.05) is 6.07 Å². The van der Waals surface area contributed by atoms with Crippen molar-refractivity contribution < 1.29 is 26.4 Å². The number of hydrogen-bond acceptors (Lipinski definition) is 4. The van der Waals surface area contributed by atoms with Crippen LogP contribution in [0.5, 0.6) is 0 Å². The highest BCUT2D eigenvalue weighted by molar-refractivity contribution is 7.90. The molecular weight excluding hydrogens is 297 g/mol. The van der Waals surface area contributed by atoms with Gasteiger partial charge in [-0.2, -0.15) is 13.2 Å². The minimum atomic E-state index is -4.71. The fraction of sp³-hybridized carbons (Fsp3) is 0.455. The van der Waals surface area contributed by atoms with Crippen LogP contribution in [0.2, 0.25) is 0 Å². The molecule has 1 aromatic rings. The Labute approximate surface area is 114 Å². The van der Waals surface area contributed by atoms with Gasteiger partial charge < -0.3 is 5.32 Å².